The lowest BCUT2D eigenvalue weighted by Gasteiger charge is -2.19. The van der Waals surface area contributed by atoms with Gasteiger partial charge in [-0.05, 0) is 32.9 Å². The quantitative estimate of drug-likeness (QED) is 0.315. The SMILES string of the molecule is CC(C)(C)OC(=O)NCCNC(=O)c1cccc2c1OCCC(C(=O)N=C(N)N)=C2. The van der Waals surface area contributed by atoms with E-state index in [0.29, 0.717) is 28.9 Å². The molecule has 3 amide bonds. The van der Waals surface area contributed by atoms with Crippen molar-refractivity contribution in [2.75, 3.05) is 19.7 Å². The average molecular weight is 417 g/mol. The van der Waals surface area contributed by atoms with Crippen molar-refractivity contribution in [2.45, 2.75) is 32.8 Å². The van der Waals surface area contributed by atoms with E-state index in [1.807, 2.05) is 0 Å². The molecule has 6 N–H and O–H groups in total. The first-order valence-electron chi connectivity index (χ1n) is 9.42. The first kappa shape index (κ1) is 22.7. The zero-order valence-corrected chi connectivity index (χ0v) is 17.3. The van der Waals surface area contributed by atoms with Gasteiger partial charge < -0.3 is 31.6 Å². The molecular formula is C20H27N5O5. The Balaban J connectivity index is 2.04. The summed E-state index contributed by atoms with van der Waals surface area (Å²) in [6.07, 6.45) is 1.35. The Hall–Kier alpha value is -3.56. The minimum absolute atomic E-state index is 0.190. The molecule has 0 bridgehead atoms. The average Bonchev–Trinajstić information content (AvgIpc) is 2.85. The molecule has 0 radical (unpaired) electrons. The van der Waals surface area contributed by atoms with E-state index in [9.17, 15) is 14.4 Å². The summed E-state index contributed by atoms with van der Waals surface area (Å²) in [4.78, 5) is 39.9. The van der Waals surface area contributed by atoms with Crippen molar-refractivity contribution in [3.63, 3.8) is 0 Å². The lowest BCUT2D eigenvalue weighted by atomic mass is 10.0. The highest BCUT2D eigenvalue weighted by molar-refractivity contribution is 6.05. The number of nitrogens with zero attached hydrogens (tertiary/aromatic N) is 1. The Labute approximate surface area is 174 Å². The highest BCUT2D eigenvalue weighted by atomic mass is 16.6. The van der Waals surface area contributed by atoms with E-state index < -0.39 is 17.6 Å². The van der Waals surface area contributed by atoms with Gasteiger partial charge in [0.15, 0.2) is 5.96 Å². The molecule has 1 heterocycles. The first-order valence-corrected chi connectivity index (χ1v) is 9.42. The van der Waals surface area contributed by atoms with Gasteiger partial charge in [0.1, 0.15) is 11.4 Å². The van der Waals surface area contributed by atoms with Crippen LogP contribution in [0.3, 0.4) is 0 Å². The number of fused-ring (bicyclic) bond motifs is 1. The number of guanidine groups is 1. The third kappa shape index (κ3) is 6.80. The number of amides is 3. The Morgan fingerprint density at radius 3 is 2.53 bits per heavy atom. The molecule has 30 heavy (non-hydrogen) atoms. The van der Waals surface area contributed by atoms with Crippen molar-refractivity contribution in [1.29, 1.82) is 0 Å². The fraction of sp³-hybridized carbons (Fsp3) is 0.400. The molecule has 0 aliphatic carbocycles. The van der Waals surface area contributed by atoms with Gasteiger partial charge in [-0.3, -0.25) is 9.59 Å². The number of rotatable bonds is 5. The van der Waals surface area contributed by atoms with Gasteiger partial charge in [-0.1, -0.05) is 12.1 Å². The third-order valence-electron chi connectivity index (χ3n) is 3.82. The van der Waals surface area contributed by atoms with E-state index in [2.05, 4.69) is 15.6 Å². The molecule has 162 valence electrons. The van der Waals surface area contributed by atoms with Crippen molar-refractivity contribution in [1.82, 2.24) is 10.6 Å². The second kappa shape index (κ2) is 9.77. The predicted molar refractivity (Wildman–Crippen MR) is 112 cm³/mol. The minimum atomic E-state index is -0.596. The maximum Gasteiger partial charge on any atom is 0.407 e. The van der Waals surface area contributed by atoms with Crippen LogP contribution in [0.1, 0.15) is 43.1 Å². The molecule has 1 aromatic rings. The number of hydrogen-bond acceptors (Lipinski definition) is 5. The van der Waals surface area contributed by atoms with Crippen molar-refractivity contribution < 1.29 is 23.9 Å². The summed E-state index contributed by atoms with van der Waals surface area (Å²) in [6, 6.07) is 5.02. The number of nitrogens with one attached hydrogen (secondary N) is 2. The van der Waals surface area contributed by atoms with E-state index in [0.717, 1.165) is 0 Å². The molecule has 10 nitrogen and oxygen atoms in total. The number of benzene rings is 1. The number of hydrogen-bond donors (Lipinski definition) is 4. The molecule has 2 rings (SSSR count). The summed E-state index contributed by atoms with van der Waals surface area (Å²) < 4.78 is 10.8. The number of para-hydroxylation sites is 1. The molecule has 0 atom stereocenters. The van der Waals surface area contributed by atoms with Gasteiger partial charge >= 0.3 is 6.09 Å². The van der Waals surface area contributed by atoms with Gasteiger partial charge in [0.25, 0.3) is 11.8 Å². The summed E-state index contributed by atoms with van der Waals surface area (Å²) in [6.45, 7) is 5.88. The third-order valence-corrected chi connectivity index (χ3v) is 3.82. The number of aliphatic imine (C=N–C) groups is 1. The van der Waals surface area contributed by atoms with Gasteiger partial charge in [0, 0.05) is 30.6 Å². The predicted octanol–water partition coefficient (Wildman–Crippen LogP) is 0.907. The van der Waals surface area contributed by atoms with Crippen LogP contribution in [0, 0.1) is 0 Å². The Bertz CT molecular complexity index is 882. The summed E-state index contributed by atoms with van der Waals surface area (Å²) in [7, 11) is 0. The molecule has 0 spiro atoms. The second-order valence-electron chi connectivity index (χ2n) is 7.52. The Morgan fingerprint density at radius 2 is 1.87 bits per heavy atom. The molecular weight excluding hydrogens is 390 g/mol. The van der Waals surface area contributed by atoms with E-state index in [1.165, 1.54) is 0 Å². The molecule has 1 aromatic carbocycles. The standard InChI is InChI=1S/C20H27N5O5/c1-20(2,3)30-19(28)24-9-8-23-17(27)14-6-4-5-12-11-13(7-10-29-15(12)14)16(26)25-18(21)22/h4-6,11H,7-10H2,1-3H3,(H,23,27)(H,24,28)(H4,21,22,25,26). The van der Waals surface area contributed by atoms with Crippen LogP contribution < -0.4 is 26.8 Å². The van der Waals surface area contributed by atoms with Gasteiger partial charge in [-0.25, -0.2) is 4.79 Å². The summed E-state index contributed by atoms with van der Waals surface area (Å²) >= 11 is 0. The van der Waals surface area contributed by atoms with Gasteiger partial charge in [0.05, 0.1) is 12.2 Å². The summed E-state index contributed by atoms with van der Waals surface area (Å²) in [5.74, 6) is -0.873. The maximum atomic E-state index is 12.6. The molecule has 0 unspecified atom stereocenters. The fourth-order valence-corrected chi connectivity index (χ4v) is 2.64. The second-order valence-corrected chi connectivity index (χ2v) is 7.52. The molecule has 1 aliphatic heterocycles. The van der Waals surface area contributed by atoms with Gasteiger partial charge in [-0.15, -0.1) is 0 Å². The van der Waals surface area contributed by atoms with Crippen LogP contribution in [0.2, 0.25) is 0 Å². The highest BCUT2D eigenvalue weighted by Crippen LogP contribution is 2.30. The molecule has 0 saturated heterocycles. The molecule has 10 heteroatoms. The Morgan fingerprint density at radius 1 is 1.17 bits per heavy atom. The normalized spacial score (nSPS) is 13.0. The molecule has 0 fully saturated rings. The Kier molecular flexibility index (Phi) is 7.40. The minimum Gasteiger partial charge on any atom is -0.492 e. The number of carbonyl (C=O) groups excluding carboxylic acids is 3. The highest BCUT2D eigenvalue weighted by Gasteiger charge is 2.21. The van der Waals surface area contributed by atoms with Crippen molar-refractivity contribution in [3.8, 4) is 5.75 Å². The number of alkyl carbamates (subject to hydrolysis) is 1. The zero-order chi connectivity index (χ0) is 22.3. The van der Waals surface area contributed by atoms with Crippen LogP contribution in [0.4, 0.5) is 4.79 Å². The molecule has 0 aromatic heterocycles. The van der Waals surface area contributed by atoms with Crippen LogP contribution in [0.15, 0.2) is 28.8 Å². The van der Waals surface area contributed by atoms with E-state index in [1.54, 1.807) is 45.0 Å². The van der Waals surface area contributed by atoms with Gasteiger partial charge in [-0.2, -0.15) is 4.99 Å². The maximum absolute atomic E-state index is 12.6. The lowest BCUT2D eigenvalue weighted by molar-refractivity contribution is -0.114. The largest absolute Gasteiger partial charge is 0.492 e. The van der Waals surface area contributed by atoms with Crippen LogP contribution in [0.25, 0.3) is 6.08 Å². The van der Waals surface area contributed by atoms with Crippen molar-refractivity contribution >= 4 is 29.9 Å². The van der Waals surface area contributed by atoms with Crippen LogP contribution in [-0.2, 0) is 9.53 Å². The summed E-state index contributed by atoms with van der Waals surface area (Å²) in [5.41, 5.74) is 11.2. The smallest absolute Gasteiger partial charge is 0.407 e. The van der Waals surface area contributed by atoms with E-state index >= 15 is 0 Å². The lowest BCUT2D eigenvalue weighted by Crippen LogP contribution is -2.38. The van der Waals surface area contributed by atoms with Crippen molar-refractivity contribution in [3.05, 3.63) is 34.9 Å². The number of nitrogens with two attached hydrogens (primary N) is 2. The van der Waals surface area contributed by atoms with E-state index in [4.69, 9.17) is 20.9 Å². The van der Waals surface area contributed by atoms with Crippen molar-refractivity contribution in [2.24, 2.45) is 16.5 Å². The fourth-order valence-electron chi connectivity index (χ4n) is 2.64. The van der Waals surface area contributed by atoms with Crippen LogP contribution >= 0.6 is 0 Å². The zero-order valence-electron chi connectivity index (χ0n) is 17.3. The van der Waals surface area contributed by atoms with Crippen LogP contribution in [0.5, 0.6) is 5.75 Å². The summed E-state index contributed by atoms with van der Waals surface area (Å²) in [5, 5.41) is 5.28. The topological polar surface area (TPSA) is 158 Å². The number of ether oxygens (including phenoxy) is 2. The first-order chi connectivity index (χ1) is 14.1. The van der Waals surface area contributed by atoms with Gasteiger partial charge in [0.2, 0.25) is 0 Å². The monoisotopic (exact) mass is 417 g/mol. The number of carbonyl (C=O) groups is 3. The molecule has 0 saturated carbocycles. The molecule has 1 aliphatic rings. The van der Waals surface area contributed by atoms with Crippen LogP contribution in [-0.4, -0.2) is 49.2 Å². The van der Waals surface area contributed by atoms with E-state index in [-0.39, 0.29) is 31.6 Å².